The standard InChI is InChI=1S/C14H17Cl2N3O2/c1-2-19(13(21)14(17)6-7-14)8-11(20)18-12-9(15)4-3-5-10(12)16/h3-5H,2,6-8,17H2,1H3,(H,18,20). The number of carbonyl (C=O) groups excluding carboxylic acids is 2. The topological polar surface area (TPSA) is 75.4 Å². The fraction of sp³-hybridized carbons (Fsp3) is 0.429. The molecule has 3 N–H and O–H groups in total. The summed E-state index contributed by atoms with van der Waals surface area (Å²) in [6, 6.07) is 4.95. The van der Waals surface area contributed by atoms with E-state index >= 15 is 0 Å². The molecule has 0 radical (unpaired) electrons. The Morgan fingerprint density at radius 1 is 1.33 bits per heavy atom. The zero-order valence-electron chi connectivity index (χ0n) is 11.7. The van der Waals surface area contributed by atoms with Gasteiger partial charge in [0, 0.05) is 6.54 Å². The number of likely N-dealkylation sites (N-methyl/N-ethyl adjacent to an activating group) is 1. The molecule has 0 aromatic heterocycles. The summed E-state index contributed by atoms with van der Waals surface area (Å²) >= 11 is 12.0. The van der Waals surface area contributed by atoms with Crippen LogP contribution in [0.1, 0.15) is 19.8 Å². The van der Waals surface area contributed by atoms with Gasteiger partial charge in [-0.25, -0.2) is 0 Å². The third-order valence-corrected chi connectivity index (χ3v) is 4.08. The lowest BCUT2D eigenvalue weighted by molar-refractivity contribution is -0.136. The van der Waals surface area contributed by atoms with Crippen molar-refractivity contribution in [3.05, 3.63) is 28.2 Å². The monoisotopic (exact) mass is 329 g/mol. The molecule has 0 spiro atoms. The molecule has 0 saturated heterocycles. The number of carbonyl (C=O) groups is 2. The van der Waals surface area contributed by atoms with Gasteiger partial charge in [0.1, 0.15) is 0 Å². The highest BCUT2D eigenvalue weighted by Gasteiger charge is 2.48. The van der Waals surface area contributed by atoms with Gasteiger partial charge in [0.2, 0.25) is 11.8 Å². The Morgan fingerprint density at radius 3 is 2.38 bits per heavy atom. The van der Waals surface area contributed by atoms with Crippen LogP contribution in [-0.4, -0.2) is 35.3 Å². The van der Waals surface area contributed by atoms with Crippen LogP contribution in [0.3, 0.4) is 0 Å². The predicted molar refractivity (Wildman–Crippen MR) is 83.5 cm³/mol. The van der Waals surface area contributed by atoms with E-state index < -0.39 is 5.54 Å². The van der Waals surface area contributed by atoms with E-state index in [2.05, 4.69) is 5.32 Å². The van der Waals surface area contributed by atoms with E-state index in [9.17, 15) is 9.59 Å². The van der Waals surface area contributed by atoms with E-state index in [1.54, 1.807) is 25.1 Å². The highest BCUT2D eigenvalue weighted by molar-refractivity contribution is 6.39. The molecule has 0 bridgehead atoms. The summed E-state index contributed by atoms with van der Waals surface area (Å²) in [5.41, 5.74) is 5.45. The summed E-state index contributed by atoms with van der Waals surface area (Å²) in [7, 11) is 0. The maximum absolute atomic E-state index is 12.1. The van der Waals surface area contributed by atoms with Crippen molar-refractivity contribution in [2.75, 3.05) is 18.4 Å². The van der Waals surface area contributed by atoms with E-state index in [1.165, 1.54) is 4.90 Å². The first kappa shape index (κ1) is 16.1. The second kappa shape index (κ2) is 6.22. The van der Waals surface area contributed by atoms with Gasteiger partial charge >= 0.3 is 0 Å². The van der Waals surface area contributed by atoms with Gasteiger partial charge in [0.15, 0.2) is 0 Å². The second-order valence-electron chi connectivity index (χ2n) is 5.12. The first-order chi connectivity index (χ1) is 9.87. The number of nitrogens with one attached hydrogen (secondary N) is 1. The summed E-state index contributed by atoms with van der Waals surface area (Å²) in [5.74, 6) is -0.546. The largest absolute Gasteiger partial charge is 0.332 e. The molecule has 1 aliphatic carbocycles. The Kier molecular flexibility index (Phi) is 4.76. The van der Waals surface area contributed by atoms with Crippen LogP contribution in [0.5, 0.6) is 0 Å². The lowest BCUT2D eigenvalue weighted by atomic mass is 10.2. The molecule has 5 nitrogen and oxygen atoms in total. The third kappa shape index (κ3) is 3.67. The SMILES string of the molecule is CCN(CC(=O)Nc1c(Cl)cccc1Cl)C(=O)C1(N)CC1. The molecule has 114 valence electrons. The van der Waals surface area contributed by atoms with Crippen LogP contribution in [0.4, 0.5) is 5.69 Å². The van der Waals surface area contributed by atoms with Gasteiger partial charge < -0.3 is 16.0 Å². The molecule has 1 aromatic carbocycles. The van der Waals surface area contributed by atoms with Gasteiger partial charge in [-0.3, -0.25) is 9.59 Å². The van der Waals surface area contributed by atoms with Gasteiger partial charge in [0.05, 0.1) is 27.8 Å². The predicted octanol–water partition coefficient (Wildman–Crippen LogP) is 2.27. The van der Waals surface area contributed by atoms with Gasteiger partial charge in [-0.05, 0) is 31.9 Å². The van der Waals surface area contributed by atoms with Gasteiger partial charge in [0.25, 0.3) is 0 Å². The molecule has 0 unspecified atom stereocenters. The highest BCUT2D eigenvalue weighted by atomic mass is 35.5. The lowest BCUT2D eigenvalue weighted by Gasteiger charge is -2.23. The number of halogens is 2. The maximum atomic E-state index is 12.1. The van der Waals surface area contributed by atoms with Crippen LogP contribution in [0, 0.1) is 0 Å². The van der Waals surface area contributed by atoms with E-state index in [4.69, 9.17) is 28.9 Å². The summed E-state index contributed by atoms with van der Waals surface area (Å²) in [4.78, 5) is 25.7. The quantitative estimate of drug-likeness (QED) is 0.870. The number of hydrogen-bond donors (Lipinski definition) is 2. The smallest absolute Gasteiger partial charge is 0.244 e. The number of hydrogen-bond acceptors (Lipinski definition) is 3. The lowest BCUT2D eigenvalue weighted by Crippen LogP contribution is -2.48. The van der Waals surface area contributed by atoms with Crippen molar-refractivity contribution < 1.29 is 9.59 Å². The molecule has 2 rings (SSSR count). The normalized spacial score (nSPS) is 15.4. The number of benzene rings is 1. The zero-order chi connectivity index (χ0) is 15.6. The zero-order valence-corrected chi connectivity index (χ0v) is 13.2. The second-order valence-corrected chi connectivity index (χ2v) is 5.93. The van der Waals surface area contributed by atoms with Crippen LogP contribution >= 0.6 is 23.2 Å². The van der Waals surface area contributed by atoms with E-state index in [0.717, 1.165) is 0 Å². The van der Waals surface area contributed by atoms with Crippen LogP contribution in [0.15, 0.2) is 18.2 Å². The fourth-order valence-electron chi connectivity index (χ4n) is 1.96. The van der Waals surface area contributed by atoms with E-state index in [0.29, 0.717) is 35.1 Å². The van der Waals surface area contributed by atoms with Crippen molar-refractivity contribution in [3.63, 3.8) is 0 Å². The van der Waals surface area contributed by atoms with Crippen LogP contribution < -0.4 is 11.1 Å². The summed E-state index contributed by atoms with van der Waals surface area (Å²) in [5, 5.41) is 3.33. The molecule has 1 aliphatic rings. The minimum Gasteiger partial charge on any atom is -0.332 e. The number of nitrogens with zero attached hydrogens (tertiary/aromatic N) is 1. The Hall–Kier alpha value is -1.30. The van der Waals surface area contributed by atoms with Crippen molar-refractivity contribution in [1.82, 2.24) is 4.90 Å². The van der Waals surface area contributed by atoms with Gasteiger partial charge in [-0.1, -0.05) is 29.3 Å². The fourth-order valence-corrected chi connectivity index (χ4v) is 2.45. The molecular formula is C14H17Cl2N3O2. The number of anilines is 1. The van der Waals surface area contributed by atoms with Crippen LogP contribution in [0.2, 0.25) is 10.0 Å². The van der Waals surface area contributed by atoms with Crippen molar-refractivity contribution in [1.29, 1.82) is 0 Å². The molecule has 7 heteroatoms. The molecular weight excluding hydrogens is 313 g/mol. The number of amides is 2. The Bertz CT molecular complexity index is 553. The minimum atomic E-state index is -0.779. The van der Waals surface area contributed by atoms with Gasteiger partial charge in [-0.15, -0.1) is 0 Å². The summed E-state index contributed by atoms with van der Waals surface area (Å²) < 4.78 is 0. The van der Waals surface area contributed by atoms with Crippen LogP contribution in [0.25, 0.3) is 0 Å². The molecule has 0 atom stereocenters. The molecule has 1 fully saturated rings. The van der Waals surface area contributed by atoms with Gasteiger partial charge in [-0.2, -0.15) is 0 Å². The van der Waals surface area contributed by atoms with E-state index in [-0.39, 0.29) is 18.4 Å². The highest BCUT2D eigenvalue weighted by Crippen LogP contribution is 2.34. The molecule has 1 aromatic rings. The molecule has 21 heavy (non-hydrogen) atoms. The average molecular weight is 330 g/mol. The number of rotatable bonds is 5. The molecule has 0 aliphatic heterocycles. The van der Waals surface area contributed by atoms with Crippen molar-refractivity contribution in [3.8, 4) is 0 Å². The number of nitrogens with two attached hydrogens (primary N) is 1. The van der Waals surface area contributed by atoms with Crippen molar-refractivity contribution in [2.45, 2.75) is 25.3 Å². The van der Waals surface area contributed by atoms with E-state index in [1.807, 2.05) is 0 Å². The minimum absolute atomic E-state index is 0.0736. The van der Waals surface area contributed by atoms with Crippen molar-refractivity contribution >= 4 is 40.7 Å². The Labute approximate surface area is 133 Å². The van der Waals surface area contributed by atoms with Crippen molar-refractivity contribution in [2.24, 2.45) is 5.73 Å². The molecule has 2 amide bonds. The first-order valence-electron chi connectivity index (χ1n) is 6.69. The third-order valence-electron chi connectivity index (χ3n) is 3.45. The average Bonchev–Trinajstić information content (AvgIpc) is 3.19. The van der Waals surface area contributed by atoms with Crippen LogP contribution in [-0.2, 0) is 9.59 Å². The molecule has 1 saturated carbocycles. The first-order valence-corrected chi connectivity index (χ1v) is 7.45. The maximum Gasteiger partial charge on any atom is 0.244 e. The summed E-state index contributed by atoms with van der Waals surface area (Å²) in [6.07, 6.45) is 1.33. The summed E-state index contributed by atoms with van der Waals surface area (Å²) in [6.45, 7) is 2.15. The Balaban J connectivity index is 2.02. The molecule has 0 heterocycles. The number of para-hydroxylation sites is 1. The Morgan fingerprint density at radius 2 is 1.90 bits per heavy atom.